The van der Waals surface area contributed by atoms with Crippen LogP contribution in [0.2, 0.25) is 0 Å². The van der Waals surface area contributed by atoms with Crippen LogP contribution in [0, 0.1) is 0 Å². The second-order valence-electron chi connectivity index (χ2n) is 13.6. The summed E-state index contributed by atoms with van der Waals surface area (Å²) in [6.45, 7) is 0. The van der Waals surface area contributed by atoms with Gasteiger partial charge >= 0.3 is 0 Å². The van der Waals surface area contributed by atoms with Crippen LogP contribution in [0.1, 0.15) is 0 Å². The van der Waals surface area contributed by atoms with Crippen molar-refractivity contribution in [1.29, 1.82) is 0 Å². The van der Waals surface area contributed by atoms with Gasteiger partial charge in [0.1, 0.15) is 0 Å². The van der Waals surface area contributed by atoms with Crippen molar-refractivity contribution in [3.05, 3.63) is 200 Å². The maximum Gasteiger partial charge on any atom is 0.171 e. The van der Waals surface area contributed by atoms with E-state index in [1.165, 1.54) is 32.7 Å². The predicted molar refractivity (Wildman–Crippen MR) is 224 cm³/mol. The summed E-state index contributed by atoms with van der Waals surface area (Å²) < 4.78 is 16.4. The lowest BCUT2D eigenvalue weighted by atomic mass is 9.85. The lowest BCUT2D eigenvalue weighted by Gasteiger charge is -2.23. The maximum atomic E-state index is 16.4. The maximum absolute atomic E-state index is 16.4. The minimum Gasteiger partial charge on any atom is -0.309 e. The van der Waals surface area contributed by atoms with Crippen LogP contribution >= 0.6 is 7.14 Å². The molecule has 52 heavy (non-hydrogen) atoms. The third-order valence-electron chi connectivity index (χ3n) is 10.7. The third kappa shape index (κ3) is 4.89. The molecular formula is C50H33OP. The second-order valence-corrected chi connectivity index (χ2v) is 16.4. The van der Waals surface area contributed by atoms with Crippen molar-refractivity contribution in [1.82, 2.24) is 0 Å². The molecule has 0 saturated heterocycles. The first kappa shape index (κ1) is 30.5. The van der Waals surface area contributed by atoms with Crippen molar-refractivity contribution >= 4 is 76.9 Å². The lowest BCUT2D eigenvalue weighted by Crippen LogP contribution is -2.25. The Labute approximate surface area is 302 Å². The zero-order chi connectivity index (χ0) is 34.6. The van der Waals surface area contributed by atoms with E-state index in [9.17, 15) is 0 Å². The highest BCUT2D eigenvalue weighted by Crippen LogP contribution is 2.48. The van der Waals surface area contributed by atoms with Crippen molar-refractivity contribution in [3.8, 4) is 22.3 Å². The lowest BCUT2D eigenvalue weighted by molar-refractivity contribution is 0.592. The molecule has 2 heteroatoms. The Balaban J connectivity index is 1.32. The Morgan fingerprint density at radius 3 is 1.25 bits per heavy atom. The van der Waals surface area contributed by atoms with Crippen LogP contribution in [0.25, 0.3) is 76.1 Å². The van der Waals surface area contributed by atoms with Crippen LogP contribution in [0.4, 0.5) is 0 Å². The number of hydrogen-bond donors (Lipinski definition) is 0. The highest BCUT2D eigenvalue weighted by molar-refractivity contribution is 7.85. The molecule has 0 radical (unpaired) electrons. The fraction of sp³-hybridized carbons (Fsp3) is 0. The van der Waals surface area contributed by atoms with E-state index in [1.807, 2.05) is 0 Å². The molecule has 0 saturated carbocycles. The van der Waals surface area contributed by atoms with E-state index in [0.29, 0.717) is 0 Å². The number of fused-ring (bicyclic) bond motifs is 5. The summed E-state index contributed by atoms with van der Waals surface area (Å²) in [5.41, 5.74) is 4.65. The first-order valence-electron chi connectivity index (χ1n) is 17.8. The summed E-state index contributed by atoms with van der Waals surface area (Å²) in [7, 11) is -3.38. The van der Waals surface area contributed by atoms with E-state index >= 15 is 4.57 Å². The highest BCUT2D eigenvalue weighted by atomic mass is 31.2. The molecular weight excluding hydrogens is 648 g/mol. The first-order chi connectivity index (χ1) is 25.6. The summed E-state index contributed by atoms with van der Waals surface area (Å²) in [5.74, 6) is 0. The molecule has 10 aromatic carbocycles. The minimum absolute atomic E-state index is 0.822. The van der Waals surface area contributed by atoms with Crippen molar-refractivity contribution in [2.75, 3.05) is 0 Å². The van der Waals surface area contributed by atoms with E-state index in [-0.39, 0.29) is 0 Å². The van der Waals surface area contributed by atoms with Gasteiger partial charge in [0, 0.05) is 15.9 Å². The Kier molecular flexibility index (Phi) is 7.17. The highest BCUT2D eigenvalue weighted by Gasteiger charge is 2.31. The van der Waals surface area contributed by atoms with Crippen LogP contribution in [0.15, 0.2) is 200 Å². The average Bonchev–Trinajstić information content (AvgIpc) is 3.22. The molecule has 0 aromatic heterocycles. The molecule has 0 heterocycles. The average molecular weight is 681 g/mol. The van der Waals surface area contributed by atoms with Crippen LogP contribution < -0.4 is 15.9 Å². The smallest absolute Gasteiger partial charge is 0.171 e. The van der Waals surface area contributed by atoms with Gasteiger partial charge in [0.15, 0.2) is 7.14 Å². The normalized spacial score (nSPS) is 11.9. The molecule has 10 aromatic rings. The fourth-order valence-corrected chi connectivity index (χ4v) is 10.8. The standard InChI is InChI=1S/C50H33OP/c51-52(42-26-24-35-13-5-8-18-39(35)31-42,43-27-25-36-14-6-9-19-40(36)32-43)44-28-29-47-48(33-44)49(37-15-2-1-3-16-37)45-20-10-11-21-46(45)50(47)41-23-22-34-12-4-7-17-38(34)30-41/h1-33H. The van der Waals surface area contributed by atoms with E-state index in [0.717, 1.165) is 59.4 Å². The summed E-state index contributed by atoms with van der Waals surface area (Å²) in [6.07, 6.45) is 0. The molecule has 0 aliphatic heterocycles. The van der Waals surface area contributed by atoms with Gasteiger partial charge < -0.3 is 4.57 Å². The molecule has 0 unspecified atom stereocenters. The molecule has 0 amide bonds. The predicted octanol–water partition coefficient (Wildman–Crippen LogP) is 12.4. The summed E-state index contributed by atoms with van der Waals surface area (Å²) in [5, 5.41) is 13.9. The van der Waals surface area contributed by atoms with Crippen molar-refractivity contribution in [2.45, 2.75) is 0 Å². The molecule has 0 spiro atoms. The summed E-state index contributed by atoms with van der Waals surface area (Å²) >= 11 is 0. The largest absolute Gasteiger partial charge is 0.309 e. The van der Waals surface area contributed by atoms with Gasteiger partial charge in [-0.2, -0.15) is 0 Å². The molecule has 0 atom stereocenters. The minimum atomic E-state index is -3.38. The van der Waals surface area contributed by atoms with Gasteiger partial charge in [0.2, 0.25) is 0 Å². The van der Waals surface area contributed by atoms with Gasteiger partial charge in [0.05, 0.1) is 0 Å². The van der Waals surface area contributed by atoms with Gasteiger partial charge in [0.25, 0.3) is 0 Å². The summed E-state index contributed by atoms with van der Waals surface area (Å²) in [6, 6.07) is 70.6. The zero-order valence-corrected chi connectivity index (χ0v) is 29.3. The van der Waals surface area contributed by atoms with Crippen molar-refractivity contribution in [3.63, 3.8) is 0 Å². The SMILES string of the molecule is O=P(c1ccc2ccccc2c1)(c1ccc2ccccc2c1)c1ccc2c(-c3ccc4ccccc4c3)c3ccccc3c(-c3ccccc3)c2c1. The Morgan fingerprint density at radius 1 is 0.269 bits per heavy atom. The first-order valence-corrected chi connectivity index (χ1v) is 19.5. The number of benzene rings is 10. The van der Waals surface area contributed by atoms with E-state index in [4.69, 9.17) is 0 Å². The van der Waals surface area contributed by atoms with Crippen LogP contribution in [-0.4, -0.2) is 0 Å². The molecule has 1 nitrogen and oxygen atoms in total. The molecule has 0 fully saturated rings. The van der Waals surface area contributed by atoms with Gasteiger partial charge in [-0.05, 0) is 100 Å². The van der Waals surface area contributed by atoms with Gasteiger partial charge in [-0.3, -0.25) is 0 Å². The van der Waals surface area contributed by atoms with Crippen LogP contribution in [-0.2, 0) is 4.57 Å². The molecule has 0 aliphatic rings. The number of hydrogen-bond acceptors (Lipinski definition) is 1. The van der Waals surface area contributed by atoms with Gasteiger partial charge in [-0.1, -0.05) is 176 Å². The third-order valence-corrected chi connectivity index (χ3v) is 13.7. The molecule has 0 N–H and O–H groups in total. The Hall–Kier alpha value is -6.27. The van der Waals surface area contributed by atoms with Crippen LogP contribution in [0.3, 0.4) is 0 Å². The van der Waals surface area contributed by atoms with E-state index in [1.54, 1.807) is 0 Å². The van der Waals surface area contributed by atoms with E-state index < -0.39 is 7.14 Å². The Bertz CT molecular complexity index is 2970. The molecule has 244 valence electrons. The van der Waals surface area contributed by atoms with Crippen molar-refractivity contribution < 1.29 is 4.57 Å². The fourth-order valence-electron chi connectivity index (χ4n) is 8.13. The molecule has 10 rings (SSSR count). The second kappa shape index (κ2) is 12.2. The summed E-state index contributed by atoms with van der Waals surface area (Å²) in [4.78, 5) is 0. The number of rotatable bonds is 5. The Morgan fingerprint density at radius 2 is 0.673 bits per heavy atom. The molecule has 0 bridgehead atoms. The van der Waals surface area contributed by atoms with E-state index in [2.05, 4.69) is 200 Å². The zero-order valence-electron chi connectivity index (χ0n) is 28.4. The quantitative estimate of drug-likeness (QED) is 0.131. The van der Waals surface area contributed by atoms with Crippen molar-refractivity contribution in [2.24, 2.45) is 0 Å². The van der Waals surface area contributed by atoms with Gasteiger partial charge in [-0.15, -0.1) is 0 Å². The van der Waals surface area contributed by atoms with Crippen LogP contribution in [0.5, 0.6) is 0 Å². The monoisotopic (exact) mass is 680 g/mol. The van der Waals surface area contributed by atoms with Gasteiger partial charge in [-0.25, -0.2) is 0 Å². The topological polar surface area (TPSA) is 17.1 Å². The molecule has 0 aliphatic carbocycles.